The maximum absolute atomic E-state index is 12.6. The van der Waals surface area contributed by atoms with E-state index in [1.807, 2.05) is 30.3 Å². The fraction of sp³-hybridized carbons (Fsp3) is 0.286. The molecule has 0 saturated heterocycles. The fourth-order valence-electron chi connectivity index (χ4n) is 3.69. The minimum Gasteiger partial charge on any atom is -0.481 e. The summed E-state index contributed by atoms with van der Waals surface area (Å²) in [4.78, 5) is 35.4. The summed E-state index contributed by atoms with van der Waals surface area (Å²) in [5.41, 5.74) is 0.681. The van der Waals surface area contributed by atoms with Gasteiger partial charge >= 0.3 is 17.9 Å². The number of carboxylic acids is 2. The molecule has 2 N–H and O–H groups in total. The third-order valence-corrected chi connectivity index (χ3v) is 5.00. The molecular weight excluding hydrogens is 348 g/mol. The second-order valence-corrected chi connectivity index (χ2v) is 6.75. The summed E-state index contributed by atoms with van der Waals surface area (Å²) in [5.74, 6) is -4.04. The third kappa shape index (κ3) is 4.00. The lowest BCUT2D eigenvalue weighted by Gasteiger charge is -2.31. The molecule has 2 atom stereocenters. The number of ether oxygens (including phenoxy) is 1. The number of rotatable bonds is 6. The van der Waals surface area contributed by atoms with Crippen LogP contribution < -0.4 is 0 Å². The van der Waals surface area contributed by atoms with Crippen LogP contribution in [0.2, 0.25) is 0 Å². The Kier molecular flexibility index (Phi) is 5.26. The van der Waals surface area contributed by atoms with E-state index in [9.17, 15) is 24.6 Å². The van der Waals surface area contributed by atoms with E-state index in [2.05, 4.69) is 0 Å². The van der Waals surface area contributed by atoms with E-state index in [1.54, 1.807) is 24.3 Å². The van der Waals surface area contributed by atoms with E-state index in [4.69, 9.17) is 4.74 Å². The molecule has 6 heteroatoms. The normalized spacial score (nSPS) is 21.6. The van der Waals surface area contributed by atoms with Crippen LogP contribution in [0.1, 0.15) is 36.0 Å². The van der Waals surface area contributed by atoms with Crippen molar-refractivity contribution in [2.24, 2.45) is 5.92 Å². The van der Waals surface area contributed by atoms with E-state index in [1.165, 1.54) is 0 Å². The van der Waals surface area contributed by atoms with Gasteiger partial charge in [0.25, 0.3) is 0 Å². The molecule has 1 aliphatic carbocycles. The van der Waals surface area contributed by atoms with Crippen LogP contribution in [-0.4, -0.2) is 33.7 Å². The quantitative estimate of drug-likeness (QED) is 0.756. The van der Waals surface area contributed by atoms with Crippen molar-refractivity contribution >= 4 is 17.9 Å². The molecule has 0 radical (unpaired) electrons. The predicted molar refractivity (Wildman–Crippen MR) is 97.3 cm³/mol. The van der Waals surface area contributed by atoms with Crippen LogP contribution in [-0.2, 0) is 14.3 Å². The smallest absolute Gasteiger partial charge is 0.338 e. The van der Waals surface area contributed by atoms with Crippen molar-refractivity contribution < 1.29 is 29.3 Å². The van der Waals surface area contributed by atoms with E-state index in [0.717, 1.165) is 11.1 Å². The highest BCUT2D eigenvalue weighted by Gasteiger charge is 2.51. The van der Waals surface area contributed by atoms with Crippen LogP contribution in [0, 0.1) is 5.92 Å². The second kappa shape index (κ2) is 7.61. The van der Waals surface area contributed by atoms with Gasteiger partial charge in [0.05, 0.1) is 17.9 Å². The molecule has 0 spiro atoms. The lowest BCUT2D eigenvalue weighted by Crippen LogP contribution is -2.44. The summed E-state index contributed by atoms with van der Waals surface area (Å²) in [6, 6.07) is 16.4. The molecule has 0 aromatic heterocycles. The lowest BCUT2D eigenvalue weighted by atomic mass is 9.87. The Balaban J connectivity index is 1.82. The Morgan fingerprint density at radius 2 is 1.59 bits per heavy atom. The van der Waals surface area contributed by atoms with Crippen molar-refractivity contribution in [3.63, 3.8) is 0 Å². The first-order valence-corrected chi connectivity index (χ1v) is 8.75. The van der Waals surface area contributed by atoms with E-state index in [0.29, 0.717) is 12.8 Å². The molecule has 0 bridgehead atoms. The molecule has 3 rings (SSSR count). The molecule has 1 saturated carbocycles. The van der Waals surface area contributed by atoms with E-state index in [-0.39, 0.29) is 12.0 Å². The summed E-state index contributed by atoms with van der Waals surface area (Å²) < 4.78 is 5.51. The van der Waals surface area contributed by atoms with Gasteiger partial charge in [0, 0.05) is 0 Å². The zero-order chi connectivity index (χ0) is 19.4. The van der Waals surface area contributed by atoms with Gasteiger partial charge in [-0.05, 0) is 42.5 Å². The first-order chi connectivity index (χ1) is 12.9. The van der Waals surface area contributed by atoms with Gasteiger partial charge in [-0.2, -0.15) is 0 Å². The van der Waals surface area contributed by atoms with Crippen molar-refractivity contribution in [1.29, 1.82) is 0 Å². The van der Waals surface area contributed by atoms with Crippen LogP contribution in [0.5, 0.6) is 0 Å². The Hall–Kier alpha value is -3.15. The largest absolute Gasteiger partial charge is 0.481 e. The molecule has 2 aromatic carbocycles. The molecule has 2 aromatic rings. The summed E-state index contributed by atoms with van der Waals surface area (Å²) in [6.07, 6.45) is 0.509. The molecule has 0 heterocycles. The minimum absolute atomic E-state index is 0.226. The van der Waals surface area contributed by atoms with E-state index >= 15 is 0 Å². The highest BCUT2D eigenvalue weighted by Crippen LogP contribution is 2.42. The highest BCUT2D eigenvalue weighted by molar-refractivity contribution is 5.91. The number of carbonyl (C=O) groups excluding carboxylic acids is 1. The van der Waals surface area contributed by atoms with Crippen molar-refractivity contribution in [1.82, 2.24) is 0 Å². The summed E-state index contributed by atoms with van der Waals surface area (Å²) in [6.45, 7) is 0. The van der Waals surface area contributed by atoms with Crippen molar-refractivity contribution in [2.45, 2.75) is 31.3 Å². The van der Waals surface area contributed by atoms with E-state index < -0.39 is 35.8 Å². The van der Waals surface area contributed by atoms with Crippen LogP contribution in [0.4, 0.5) is 0 Å². The number of hydrogen-bond donors (Lipinski definition) is 2. The number of carbonyl (C=O) groups is 3. The SMILES string of the molecule is O=C(O)C[C@@]1(OC(=O)c2ccc(-c3ccccc3)cc2)CCC[C@@H]1C(=O)O. The molecule has 6 nitrogen and oxygen atoms in total. The van der Waals surface area contributed by atoms with Crippen LogP contribution in [0.15, 0.2) is 54.6 Å². The van der Waals surface area contributed by atoms with Crippen LogP contribution in [0.3, 0.4) is 0 Å². The second-order valence-electron chi connectivity index (χ2n) is 6.75. The van der Waals surface area contributed by atoms with Gasteiger partial charge in [-0.1, -0.05) is 42.5 Å². The standard InChI is InChI=1S/C21H20O6/c22-18(23)13-21(12-4-7-17(21)19(24)25)27-20(26)16-10-8-15(9-11-16)14-5-2-1-3-6-14/h1-3,5-6,8-11,17H,4,7,12-13H2,(H,22,23)(H,24,25)/t17-,21+/m1/s1. The third-order valence-electron chi connectivity index (χ3n) is 5.00. The summed E-state index contributed by atoms with van der Waals surface area (Å²) in [7, 11) is 0. The molecule has 27 heavy (non-hydrogen) atoms. The highest BCUT2D eigenvalue weighted by atomic mass is 16.6. The molecule has 140 valence electrons. The molecular formula is C21H20O6. The van der Waals surface area contributed by atoms with Crippen molar-refractivity contribution in [3.05, 3.63) is 60.2 Å². The molecule has 0 amide bonds. The van der Waals surface area contributed by atoms with Crippen LogP contribution >= 0.6 is 0 Å². The summed E-state index contributed by atoms with van der Waals surface area (Å²) in [5, 5.41) is 18.6. The average Bonchev–Trinajstić information content (AvgIpc) is 3.05. The minimum atomic E-state index is -1.51. The zero-order valence-electron chi connectivity index (χ0n) is 14.6. The van der Waals surface area contributed by atoms with Crippen molar-refractivity contribution in [3.8, 4) is 11.1 Å². The predicted octanol–water partition coefficient (Wildman–Crippen LogP) is 3.61. The Morgan fingerprint density at radius 3 is 2.19 bits per heavy atom. The monoisotopic (exact) mass is 368 g/mol. The van der Waals surface area contributed by atoms with Crippen molar-refractivity contribution in [2.75, 3.05) is 0 Å². The maximum Gasteiger partial charge on any atom is 0.338 e. The number of hydrogen-bond acceptors (Lipinski definition) is 4. The average molecular weight is 368 g/mol. The number of esters is 1. The Labute approximate surface area is 156 Å². The molecule has 0 aliphatic heterocycles. The number of aliphatic carboxylic acids is 2. The topological polar surface area (TPSA) is 101 Å². The fourth-order valence-corrected chi connectivity index (χ4v) is 3.69. The van der Waals surface area contributed by atoms with Crippen LogP contribution in [0.25, 0.3) is 11.1 Å². The summed E-state index contributed by atoms with van der Waals surface area (Å²) >= 11 is 0. The van der Waals surface area contributed by atoms with Gasteiger partial charge < -0.3 is 14.9 Å². The maximum atomic E-state index is 12.6. The Morgan fingerprint density at radius 1 is 0.963 bits per heavy atom. The lowest BCUT2D eigenvalue weighted by molar-refractivity contribution is -0.155. The zero-order valence-corrected chi connectivity index (χ0v) is 14.6. The van der Waals surface area contributed by atoms with Gasteiger partial charge in [0.1, 0.15) is 5.60 Å². The molecule has 1 aliphatic rings. The van der Waals surface area contributed by atoms with Gasteiger partial charge in [0.2, 0.25) is 0 Å². The first-order valence-electron chi connectivity index (χ1n) is 8.75. The van der Waals surface area contributed by atoms with Gasteiger partial charge in [0.15, 0.2) is 0 Å². The van der Waals surface area contributed by atoms with Gasteiger partial charge in [-0.3, -0.25) is 9.59 Å². The van der Waals surface area contributed by atoms with Gasteiger partial charge in [-0.25, -0.2) is 4.79 Å². The number of benzene rings is 2. The Bertz CT molecular complexity index is 843. The number of carboxylic acid groups (broad SMARTS) is 2. The first kappa shape index (κ1) is 18.6. The molecule has 1 fully saturated rings. The molecule has 0 unspecified atom stereocenters. The van der Waals surface area contributed by atoms with Gasteiger partial charge in [-0.15, -0.1) is 0 Å².